The van der Waals surface area contributed by atoms with Crippen LogP contribution >= 0.6 is 12.4 Å². The highest BCUT2D eigenvalue weighted by molar-refractivity contribution is 5.90. The summed E-state index contributed by atoms with van der Waals surface area (Å²) in [6.07, 6.45) is 8.25. The van der Waals surface area contributed by atoms with Gasteiger partial charge in [-0.2, -0.15) is 0 Å². The Morgan fingerprint density at radius 1 is 1.05 bits per heavy atom. The molecule has 0 atom stereocenters. The molecule has 0 aliphatic heterocycles. The Morgan fingerprint density at radius 3 is 2.30 bits per heavy atom. The zero-order valence-electron chi connectivity index (χ0n) is 12.1. The zero-order chi connectivity index (χ0) is 13.6. The lowest BCUT2D eigenvalue weighted by Gasteiger charge is -2.36. The molecule has 2 nitrogen and oxygen atoms in total. The summed E-state index contributed by atoms with van der Waals surface area (Å²) in [6.45, 7) is 0.686. The van der Waals surface area contributed by atoms with Crippen LogP contribution in [0.3, 0.4) is 0 Å². The fourth-order valence-corrected chi connectivity index (χ4v) is 3.31. The Bertz CT molecular complexity index is 399. The minimum absolute atomic E-state index is 0. The van der Waals surface area contributed by atoms with Crippen LogP contribution in [0.5, 0.6) is 0 Å². The van der Waals surface area contributed by atoms with Gasteiger partial charge in [0.2, 0.25) is 0 Å². The van der Waals surface area contributed by atoms with Gasteiger partial charge < -0.3 is 5.73 Å². The van der Waals surface area contributed by atoms with Crippen molar-refractivity contribution in [3.63, 3.8) is 0 Å². The Labute approximate surface area is 128 Å². The molecule has 2 N–H and O–H groups in total. The zero-order valence-corrected chi connectivity index (χ0v) is 13.0. The van der Waals surface area contributed by atoms with Gasteiger partial charge in [-0.05, 0) is 37.8 Å². The highest BCUT2D eigenvalue weighted by atomic mass is 35.5. The van der Waals surface area contributed by atoms with E-state index in [-0.39, 0.29) is 17.8 Å². The van der Waals surface area contributed by atoms with Gasteiger partial charge in [0.15, 0.2) is 0 Å². The van der Waals surface area contributed by atoms with Crippen LogP contribution in [-0.2, 0) is 10.2 Å². The topological polar surface area (TPSA) is 43.1 Å². The Morgan fingerprint density at radius 2 is 1.70 bits per heavy atom. The maximum absolute atomic E-state index is 12.8. The monoisotopic (exact) mass is 295 g/mol. The molecule has 1 aliphatic rings. The van der Waals surface area contributed by atoms with Crippen molar-refractivity contribution < 1.29 is 4.79 Å². The van der Waals surface area contributed by atoms with E-state index in [4.69, 9.17) is 5.73 Å². The summed E-state index contributed by atoms with van der Waals surface area (Å²) in [5, 5.41) is 0. The predicted octanol–water partition coefficient (Wildman–Crippen LogP) is 4.01. The maximum atomic E-state index is 12.8. The second-order valence-electron chi connectivity index (χ2n) is 5.68. The number of rotatable bonds is 6. The van der Waals surface area contributed by atoms with E-state index in [1.54, 1.807) is 0 Å². The first-order valence-corrected chi connectivity index (χ1v) is 7.58. The highest BCUT2D eigenvalue weighted by Crippen LogP contribution is 2.41. The number of halogens is 1. The highest BCUT2D eigenvalue weighted by Gasteiger charge is 2.39. The number of unbranched alkanes of at least 4 members (excludes halogenated alkanes) is 1. The van der Waals surface area contributed by atoms with E-state index in [9.17, 15) is 4.79 Å². The van der Waals surface area contributed by atoms with E-state index in [1.165, 1.54) is 24.8 Å². The summed E-state index contributed by atoms with van der Waals surface area (Å²) in [6, 6.07) is 10.4. The molecule has 0 spiro atoms. The fraction of sp³-hybridized carbons (Fsp3) is 0.588. The molecule has 0 aromatic heterocycles. The van der Waals surface area contributed by atoms with Gasteiger partial charge in [-0.1, -0.05) is 49.6 Å². The van der Waals surface area contributed by atoms with Crippen LogP contribution in [-0.4, -0.2) is 12.3 Å². The largest absolute Gasteiger partial charge is 0.330 e. The molecule has 3 heteroatoms. The minimum Gasteiger partial charge on any atom is -0.330 e. The van der Waals surface area contributed by atoms with Gasteiger partial charge in [0.1, 0.15) is 5.78 Å². The normalized spacial score (nSPS) is 17.2. The smallest absolute Gasteiger partial charge is 0.143 e. The maximum Gasteiger partial charge on any atom is 0.143 e. The van der Waals surface area contributed by atoms with E-state index in [0.29, 0.717) is 18.7 Å². The first kappa shape index (κ1) is 17.2. The lowest BCUT2D eigenvalue weighted by atomic mass is 9.66. The number of Topliss-reactive ketones (excluding diaryl/α,β-unsaturated/α-hetero) is 1. The summed E-state index contributed by atoms with van der Waals surface area (Å²) in [4.78, 5) is 12.8. The average Bonchev–Trinajstić information content (AvgIpc) is 2.49. The number of benzene rings is 1. The number of carbonyl (C=O) groups excluding carboxylic acids is 1. The predicted molar refractivity (Wildman–Crippen MR) is 86.4 cm³/mol. The molecule has 1 aliphatic carbocycles. The number of hydrogen-bond donors (Lipinski definition) is 1. The quantitative estimate of drug-likeness (QED) is 0.806. The second kappa shape index (κ2) is 8.43. The summed E-state index contributed by atoms with van der Waals surface area (Å²) in [5.41, 5.74) is 6.55. The molecule has 1 aromatic carbocycles. The molecule has 1 fully saturated rings. The molecular weight excluding hydrogens is 270 g/mol. The molecule has 2 rings (SSSR count). The SMILES string of the molecule is Cl.NCCCCC(=O)C1(c2ccccc2)CCCCC1. The fourth-order valence-electron chi connectivity index (χ4n) is 3.31. The van der Waals surface area contributed by atoms with Crippen molar-refractivity contribution in [1.82, 2.24) is 0 Å². The van der Waals surface area contributed by atoms with Gasteiger partial charge in [0, 0.05) is 6.42 Å². The third kappa shape index (κ3) is 3.83. The van der Waals surface area contributed by atoms with Crippen LogP contribution in [0.1, 0.15) is 56.9 Å². The molecule has 1 saturated carbocycles. The Balaban J connectivity index is 0.00000200. The van der Waals surface area contributed by atoms with Gasteiger partial charge in [-0.25, -0.2) is 0 Å². The second-order valence-corrected chi connectivity index (χ2v) is 5.68. The van der Waals surface area contributed by atoms with Crippen molar-refractivity contribution in [1.29, 1.82) is 0 Å². The van der Waals surface area contributed by atoms with Crippen LogP contribution in [0.25, 0.3) is 0 Å². The van der Waals surface area contributed by atoms with Crippen molar-refractivity contribution in [3.8, 4) is 0 Å². The van der Waals surface area contributed by atoms with Crippen LogP contribution in [0.15, 0.2) is 30.3 Å². The van der Waals surface area contributed by atoms with Gasteiger partial charge in [-0.3, -0.25) is 4.79 Å². The number of carbonyl (C=O) groups is 1. The Kier molecular flexibility index (Phi) is 7.25. The van der Waals surface area contributed by atoms with Crippen LogP contribution < -0.4 is 5.73 Å². The molecule has 0 bridgehead atoms. The summed E-state index contributed by atoms with van der Waals surface area (Å²) in [7, 11) is 0. The standard InChI is InChI=1S/C17H25NO.ClH/c18-14-8-5-11-16(19)17(12-6-2-7-13-17)15-9-3-1-4-10-15;/h1,3-4,9-10H,2,5-8,11-14,18H2;1H. The van der Waals surface area contributed by atoms with Crippen molar-refractivity contribution in [2.24, 2.45) is 5.73 Å². The van der Waals surface area contributed by atoms with Gasteiger partial charge >= 0.3 is 0 Å². The van der Waals surface area contributed by atoms with Gasteiger partial charge in [0.25, 0.3) is 0 Å². The van der Waals surface area contributed by atoms with Crippen molar-refractivity contribution in [2.45, 2.75) is 56.8 Å². The van der Waals surface area contributed by atoms with Gasteiger partial charge in [0.05, 0.1) is 5.41 Å². The van der Waals surface area contributed by atoms with Crippen molar-refractivity contribution in [2.75, 3.05) is 6.54 Å². The molecule has 0 amide bonds. The van der Waals surface area contributed by atoms with E-state index >= 15 is 0 Å². The number of nitrogens with two attached hydrogens (primary N) is 1. The summed E-state index contributed by atoms with van der Waals surface area (Å²) < 4.78 is 0. The van der Waals surface area contributed by atoms with E-state index < -0.39 is 0 Å². The lowest BCUT2D eigenvalue weighted by molar-refractivity contribution is -0.126. The third-order valence-corrected chi connectivity index (χ3v) is 4.43. The number of ketones is 1. The lowest BCUT2D eigenvalue weighted by Crippen LogP contribution is -2.38. The molecule has 0 saturated heterocycles. The van der Waals surface area contributed by atoms with E-state index in [0.717, 1.165) is 25.7 Å². The molecule has 112 valence electrons. The summed E-state index contributed by atoms with van der Waals surface area (Å²) >= 11 is 0. The first-order chi connectivity index (χ1) is 9.29. The van der Waals surface area contributed by atoms with Crippen LogP contribution in [0, 0.1) is 0 Å². The molecular formula is C17H26ClNO. The number of hydrogen-bond acceptors (Lipinski definition) is 2. The summed E-state index contributed by atoms with van der Waals surface area (Å²) in [5.74, 6) is 0.437. The third-order valence-electron chi connectivity index (χ3n) is 4.43. The van der Waals surface area contributed by atoms with Crippen molar-refractivity contribution >= 4 is 18.2 Å². The minimum atomic E-state index is -0.200. The van der Waals surface area contributed by atoms with E-state index in [1.807, 2.05) is 6.07 Å². The molecule has 0 radical (unpaired) electrons. The van der Waals surface area contributed by atoms with Crippen LogP contribution in [0.4, 0.5) is 0 Å². The average molecular weight is 296 g/mol. The van der Waals surface area contributed by atoms with E-state index in [2.05, 4.69) is 24.3 Å². The Hall–Kier alpha value is -0.860. The van der Waals surface area contributed by atoms with Crippen molar-refractivity contribution in [3.05, 3.63) is 35.9 Å². The molecule has 0 heterocycles. The first-order valence-electron chi connectivity index (χ1n) is 7.58. The molecule has 1 aromatic rings. The molecule has 0 unspecified atom stereocenters. The molecule has 20 heavy (non-hydrogen) atoms. The van der Waals surface area contributed by atoms with Gasteiger partial charge in [-0.15, -0.1) is 12.4 Å². The van der Waals surface area contributed by atoms with Crippen LogP contribution in [0.2, 0.25) is 0 Å².